The molecule has 1 rings (SSSR count). The molecule has 3 nitrogen and oxygen atoms in total. The van der Waals surface area contributed by atoms with Crippen LogP contribution >= 0.6 is 0 Å². The lowest BCUT2D eigenvalue weighted by molar-refractivity contribution is -0.132. The summed E-state index contributed by atoms with van der Waals surface area (Å²) in [5.74, 6) is 0.594. The van der Waals surface area contributed by atoms with Gasteiger partial charge in [0.05, 0.1) is 0 Å². The van der Waals surface area contributed by atoms with Crippen LogP contribution in [0.4, 0.5) is 0 Å². The van der Waals surface area contributed by atoms with Crippen molar-refractivity contribution in [2.75, 3.05) is 13.1 Å². The van der Waals surface area contributed by atoms with E-state index in [1.54, 1.807) is 6.08 Å². The molecule has 1 aliphatic heterocycles. The third-order valence-corrected chi connectivity index (χ3v) is 2.64. The van der Waals surface area contributed by atoms with E-state index in [0.717, 1.165) is 19.5 Å². The monoisotopic (exact) mass is 182 g/mol. The van der Waals surface area contributed by atoms with E-state index < -0.39 is 0 Å². The Kier molecular flexibility index (Phi) is 3.48. The summed E-state index contributed by atoms with van der Waals surface area (Å²) in [6.45, 7) is 7.26. The Balaban J connectivity index is 2.45. The van der Waals surface area contributed by atoms with Gasteiger partial charge in [-0.1, -0.05) is 13.0 Å². The van der Waals surface area contributed by atoms with Crippen LogP contribution in [-0.4, -0.2) is 29.9 Å². The van der Waals surface area contributed by atoms with Gasteiger partial charge in [0.2, 0.25) is 5.91 Å². The summed E-state index contributed by atoms with van der Waals surface area (Å²) in [6, 6.07) is 0.257. The molecule has 0 radical (unpaired) electrons. The zero-order valence-corrected chi connectivity index (χ0v) is 8.20. The highest BCUT2D eigenvalue weighted by Crippen LogP contribution is 2.15. The van der Waals surface area contributed by atoms with Crippen molar-refractivity contribution >= 4 is 5.91 Å². The van der Waals surface area contributed by atoms with Gasteiger partial charge in [-0.2, -0.15) is 0 Å². The normalized spacial score (nSPS) is 28.6. The lowest BCUT2D eigenvalue weighted by Gasteiger charge is -2.34. The van der Waals surface area contributed by atoms with E-state index in [-0.39, 0.29) is 11.9 Å². The minimum absolute atomic E-state index is 0.175. The van der Waals surface area contributed by atoms with Crippen molar-refractivity contribution in [2.45, 2.75) is 25.8 Å². The number of nitrogens with zero attached hydrogens (tertiary/aromatic N) is 1. The SMILES string of the molecule is C=CCC(=O)N1CCC(N)C(C)C1. The van der Waals surface area contributed by atoms with Crippen LogP contribution in [0.2, 0.25) is 0 Å². The number of carbonyl (C=O) groups excluding carboxylic acids is 1. The molecule has 0 aromatic carbocycles. The van der Waals surface area contributed by atoms with Crippen molar-refractivity contribution in [2.24, 2.45) is 11.7 Å². The maximum atomic E-state index is 11.5. The first-order valence-corrected chi connectivity index (χ1v) is 4.79. The maximum absolute atomic E-state index is 11.5. The fraction of sp³-hybridized carbons (Fsp3) is 0.700. The summed E-state index contributed by atoms with van der Waals surface area (Å²) in [6.07, 6.45) is 3.02. The van der Waals surface area contributed by atoms with Gasteiger partial charge in [0.25, 0.3) is 0 Å². The lowest BCUT2D eigenvalue weighted by atomic mass is 9.94. The number of hydrogen-bond donors (Lipinski definition) is 1. The van der Waals surface area contributed by atoms with E-state index in [1.807, 2.05) is 4.90 Å². The Morgan fingerprint density at radius 3 is 3.00 bits per heavy atom. The Morgan fingerprint density at radius 1 is 1.77 bits per heavy atom. The average molecular weight is 182 g/mol. The summed E-state index contributed by atoms with van der Waals surface area (Å²) < 4.78 is 0. The van der Waals surface area contributed by atoms with Crippen molar-refractivity contribution in [1.82, 2.24) is 4.90 Å². The van der Waals surface area contributed by atoms with Gasteiger partial charge in [0, 0.05) is 25.6 Å². The summed E-state index contributed by atoms with van der Waals surface area (Å²) in [5, 5.41) is 0. The van der Waals surface area contributed by atoms with Crippen molar-refractivity contribution in [1.29, 1.82) is 0 Å². The topological polar surface area (TPSA) is 46.3 Å². The molecule has 1 aliphatic rings. The molecule has 74 valence electrons. The number of carbonyl (C=O) groups is 1. The number of likely N-dealkylation sites (tertiary alicyclic amines) is 1. The second-order valence-corrected chi connectivity index (χ2v) is 3.76. The van der Waals surface area contributed by atoms with Crippen molar-refractivity contribution in [3.05, 3.63) is 12.7 Å². The third-order valence-electron chi connectivity index (χ3n) is 2.64. The predicted octanol–water partition coefficient (Wildman–Crippen LogP) is 0.758. The standard InChI is InChI=1S/C10H18N2O/c1-3-4-10(13)12-6-5-9(11)8(2)7-12/h3,8-9H,1,4-7,11H2,2H3. The minimum Gasteiger partial charge on any atom is -0.342 e. The highest BCUT2D eigenvalue weighted by Gasteiger charge is 2.25. The van der Waals surface area contributed by atoms with Crippen molar-refractivity contribution in [3.63, 3.8) is 0 Å². The summed E-state index contributed by atoms with van der Waals surface area (Å²) in [4.78, 5) is 13.3. The van der Waals surface area contributed by atoms with E-state index in [0.29, 0.717) is 12.3 Å². The van der Waals surface area contributed by atoms with Crippen LogP contribution in [0.1, 0.15) is 19.8 Å². The smallest absolute Gasteiger partial charge is 0.226 e. The molecule has 0 bridgehead atoms. The molecule has 1 amide bonds. The van der Waals surface area contributed by atoms with Crippen LogP contribution in [0, 0.1) is 5.92 Å². The molecule has 0 aliphatic carbocycles. The van der Waals surface area contributed by atoms with Gasteiger partial charge < -0.3 is 10.6 Å². The maximum Gasteiger partial charge on any atom is 0.226 e. The largest absolute Gasteiger partial charge is 0.342 e. The third kappa shape index (κ3) is 2.56. The Labute approximate surface area is 79.6 Å². The molecular formula is C10H18N2O. The van der Waals surface area contributed by atoms with Gasteiger partial charge in [-0.15, -0.1) is 6.58 Å². The second kappa shape index (κ2) is 4.42. The van der Waals surface area contributed by atoms with Crippen LogP contribution in [0.3, 0.4) is 0 Å². The van der Waals surface area contributed by atoms with Gasteiger partial charge in [-0.25, -0.2) is 0 Å². The lowest BCUT2D eigenvalue weighted by Crippen LogP contribution is -2.48. The first-order valence-electron chi connectivity index (χ1n) is 4.79. The number of nitrogens with two attached hydrogens (primary N) is 1. The Bertz CT molecular complexity index is 203. The number of hydrogen-bond acceptors (Lipinski definition) is 2. The van der Waals surface area contributed by atoms with Gasteiger partial charge in [0.1, 0.15) is 0 Å². The van der Waals surface area contributed by atoms with Gasteiger partial charge in [0.15, 0.2) is 0 Å². The number of piperidine rings is 1. The average Bonchev–Trinajstić information content (AvgIpc) is 2.10. The summed E-state index contributed by atoms with van der Waals surface area (Å²) in [5.41, 5.74) is 5.86. The number of amides is 1. The van der Waals surface area contributed by atoms with E-state index in [4.69, 9.17) is 5.73 Å². The fourth-order valence-electron chi connectivity index (χ4n) is 1.64. The Hall–Kier alpha value is -0.830. The van der Waals surface area contributed by atoms with Gasteiger partial charge in [-0.05, 0) is 12.3 Å². The fourth-order valence-corrected chi connectivity index (χ4v) is 1.64. The Morgan fingerprint density at radius 2 is 2.46 bits per heavy atom. The molecule has 1 saturated heterocycles. The molecule has 2 atom stereocenters. The zero-order valence-electron chi connectivity index (χ0n) is 8.20. The summed E-state index contributed by atoms with van der Waals surface area (Å²) >= 11 is 0. The van der Waals surface area contributed by atoms with Crippen LogP contribution < -0.4 is 5.73 Å². The molecule has 3 heteroatoms. The molecule has 0 aromatic heterocycles. The first-order chi connectivity index (χ1) is 6.15. The van der Waals surface area contributed by atoms with E-state index in [9.17, 15) is 4.79 Å². The van der Waals surface area contributed by atoms with E-state index >= 15 is 0 Å². The molecule has 13 heavy (non-hydrogen) atoms. The quantitative estimate of drug-likeness (QED) is 0.641. The molecule has 0 saturated carbocycles. The molecule has 1 fully saturated rings. The van der Waals surface area contributed by atoms with Crippen molar-refractivity contribution < 1.29 is 4.79 Å². The second-order valence-electron chi connectivity index (χ2n) is 3.76. The predicted molar refractivity (Wildman–Crippen MR) is 53.2 cm³/mol. The molecule has 2 unspecified atom stereocenters. The van der Waals surface area contributed by atoms with Crippen LogP contribution in [0.25, 0.3) is 0 Å². The van der Waals surface area contributed by atoms with Crippen LogP contribution in [0.5, 0.6) is 0 Å². The highest BCUT2D eigenvalue weighted by molar-refractivity contribution is 5.77. The van der Waals surface area contributed by atoms with Gasteiger partial charge >= 0.3 is 0 Å². The van der Waals surface area contributed by atoms with Gasteiger partial charge in [-0.3, -0.25) is 4.79 Å². The molecule has 1 heterocycles. The zero-order chi connectivity index (χ0) is 9.84. The van der Waals surface area contributed by atoms with Crippen LogP contribution in [-0.2, 0) is 4.79 Å². The highest BCUT2D eigenvalue weighted by atomic mass is 16.2. The van der Waals surface area contributed by atoms with Crippen molar-refractivity contribution in [3.8, 4) is 0 Å². The van der Waals surface area contributed by atoms with E-state index in [1.165, 1.54) is 0 Å². The summed E-state index contributed by atoms with van der Waals surface area (Å²) in [7, 11) is 0. The number of rotatable bonds is 2. The first kappa shape index (κ1) is 10.3. The van der Waals surface area contributed by atoms with Crippen LogP contribution in [0.15, 0.2) is 12.7 Å². The molecule has 2 N–H and O–H groups in total. The molecule has 0 aromatic rings. The molecular weight excluding hydrogens is 164 g/mol. The van der Waals surface area contributed by atoms with E-state index in [2.05, 4.69) is 13.5 Å². The molecule has 0 spiro atoms. The minimum atomic E-state index is 0.175.